The summed E-state index contributed by atoms with van der Waals surface area (Å²) in [5, 5.41) is 9.65. The maximum Gasteiger partial charge on any atom is 0.166 e. The molecule has 0 spiro atoms. The van der Waals surface area contributed by atoms with Crippen LogP contribution in [0, 0.1) is 12.8 Å². The van der Waals surface area contributed by atoms with Crippen molar-refractivity contribution in [1.29, 1.82) is 0 Å². The van der Waals surface area contributed by atoms with E-state index < -0.39 is 0 Å². The van der Waals surface area contributed by atoms with Gasteiger partial charge in [0.25, 0.3) is 0 Å². The summed E-state index contributed by atoms with van der Waals surface area (Å²) in [6.45, 7) is 5.08. The van der Waals surface area contributed by atoms with Crippen LogP contribution in [0.1, 0.15) is 48.1 Å². The van der Waals surface area contributed by atoms with E-state index in [1.54, 1.807) is 0 Å². The Morgan fingerprint density at radius 2 is 2.00 bits per heavy atom. The minimum atomic E-state index is -0.218. The van der Waals surface area contributed by atoms with E-state index in [-0.39, 0.29) is 6.10 Å². The number of anilines is 1. The molecule has 2 N–H and O–H groups in total. The molecule has 2 aliphatic rings. The van der Waals surface area contributed by atoms with Crippen LogP contribution in [0.25, 0.3) is 22.5 Å². The number of aryl methyl sites for hydroxylation is 2. The first-order valence-electron chi connectivity index (χ1n) is 11.6. The van der Waals surface area contributed by atoms with Crippen molar-refractivity contribution in [2.45, 2.75) is 45.8 Å². The van der Waals surface area contributed by atoms with E-state index in [9.17, 15) is 0 Å². The molecule has 7 nitrogen and oxygen atoms in total. The number of benzene rings is 1. The largest absolute Gasteiger partial charge is 0.482 e. The lowest BCUT2D eigenvalue weighted by atomic mass is 9.93. The highest BCUT2D eigenvalue weighted by molar-refractivity contribution is 5.72. The Bertz CT molecular complexity index is 1360. The van der Waals surface area contributed by atoms with Gasteiger partial charge in [-0.2, -0.15) is 10.2 Å². The second-order valence-corrected chi connectivity index (χ2v) is 9.46. The van der Waals surface area contributed by atoms with Gasteiger partial charge in [0.15, 0.2) is 11.6 Å². The molecular formula is C26H28N6O. The van der Waals surface area contributed by atoms with Gasteiger partial charge >= 0.3 is 0 Å². The topological polar surface area (TPSA) is 83.8 Å². The van der Waals surface area contributed by atoms with E-state index in [2.05, 4.69) is 47.9 Å². The van der Waals surface area contributed by atoms with Gasteiger partial charge < -0.3 is 10.5 Å². The number of nitrogens with two attached hydrogens (primary N) is 1. The highest BCUT2D eigenvalue weighted by atomic mass is 16.5. The summed E-state index contributed by atoms with van der Waals surface area (Å²) in [4.78, 5) is 4.49. The molecule has 0 radical (unpaired) electrons. The Kier molecular flexibility index (Phi) is 4.54. The van der Waals surface area contributed by atoms with Crippen molar-refractivity contribution in [2.75, 3.05) is 5.73 Å². The van der Waals surface area contributed by atoms with Crippen LogP contribution in [0.15, 0.2) is 42.9 Å². The van der Waals surface area contributed by atoms with Crippen LogP contribution in [0.5, 0.6) is 5.75 Å². The van der Waals surface area contributed by atoms with Gasteiger partial charge in [0, 0.05) is 60.2 Å². The average Bonchev–Trinajstić information content (AvgIpc) is 3.41. The Balaban J connectivity index is 1.60. The van der Waals surface area contributed by atoms with E-state index in [1.165, 1.54) is 24.0 Å². The second-order valence-electron chi connectivity index (χ2n) is 9.46. The normalized spacial score (nSPS) is 17.2. The van der Waals surface area contributed by atoms with E-state index in [4.69, 9.17) is 20.7 Å². The zero-order chi connectivity index (χ0) is 22.7. The van der Waals surface area contributed by atoms with Crippen molar-refractivity contribution < 1.29 is 4.74 Å². The molecule has 168 valence electrons. The smallest absolute Gasteiger partial charge is 0.166 e. The van der Waals surface area contributed by atoms with E-state index in [1.807, 2.05) is 30.2 Å². The molecule has 1 aliphatic carbocycles. The minimum absolute atomic E-state index is 0.218. The fourth-order valence-corrected chi connectivity index (χ4v) is 4.84. The van der Waals surface area contributed by atoms with Gasteiger partial charge in [0.2, 0.25) is 0 Å². The summed E-state index contributed by atoms with van der Waals surface area (Å²) in [6, 6.07) is 8.48. The van der Waals surface area contributed by atoms with Crippen molar-refractivity contribution in [3.63, 3.8) is 0 Å². The SMILES string of the molecule is Cc1ccc2c(c1)C(C)Oc1cc(cnc1N)-c1c(cnn1CC1CC1)Cc1cn(C)nc1-2. The molecule has 7 heteroatoms. The molecule has 1 aliphatic heterocycles. The van der Waals surface area contributed by atoms with E-state index in [0.717, 1.165) is 46.6 Å². The summed E-state index contributed by atoms with van der Waals surface area (Å²) < 4.78 is 10.5. The summed E-state index contributed by atoms with van der Waals surface area (Å²) in [5.74, 6) is 1.70. The molecule has 1 aromatic carbocycles. The Morgan fingerprint density at radius 3 is 2.82 bits per heavy atom. The van der Waals surface area contributed by atoms with Gasteiger partial charge in [-0.05, 0) is 38.7 Å². The monoisotopic (exact) mass is 440 g/mol. The van der Waals surface area contributed by atoms with Crippen LogP contribution in [-0.4, -0.2) is 24.5 Å². The Hall–Kier alpha value is -3.61. The van der Waals surface area contributed by atoms with Gasteiger partial charge in [-0.15, -0.1) is 0 Å². The number of hydrogen-bond donors (Lipinski definition) is 1. The number of rotatable bonds is 2. The zero-order valence-electron chi connectivity index (χ0n) is 19.2. The number of aromatic nitrogens is 5. The second kappa shape index (κ2) is 7.47. The molecule has 33 heavy (non-hydrogen) atoms. The zero-order valence-corrected chi connectivity index (χ0v) is 19.2. The third kappa shape index (κ3) is 3.57. The van der Waals surface area contributed by atoms with Crippen LogP contribution in [0.3, 0.4) is 0 Å². The lowest BCUT2D eigenvalue weighted by Gasteiger charge is -2.21. The number of ether oxygens (including phenoxy) is 1. The third-order valence-corrected chi connectivity index (χ3v) is 6.69. The van der Waals surface area contributed by atoms with Crippen molar-refractivity contribution in [1.82, 2.24) is 24.5 Å². The van der Waals surface area contributed by atoms with Crippen molar-refractivity contribution >= 4 is 5.82 Å². The lowest BCUT2D eigenvalue weighted by Crippen LogP contribution is -2.10. The maximum atomic E-state index is 6.43. The van der Waals surface area contributed by atoms with Crippen LogP contribution in [0.4, 0.5) is 5.82 Å². The van der Waals surface area contributed by atoms with Gasteiger partial charge in [0.1, 0.15) is 6.10 Å². The third-order valence-electron chi connectivity index (χ3n) is 6.69. The standard InChI is InChI=1S/C26H28N6O/c1-15-4-7-21-22(8-15)16(2)33-23-10-19(11-28-26(23)27)25-18(9-20-14-31(3)30-24(20)21)12-29-32(25)13-17-5-6-17/h4,7-8,10-12,14,16-17H,5-6,9,13H2,1-3H3,(H2,27,28). The molecule has 0 saturated heterocycles. The molecule has 1 atom stereocenters. The number of nitrogens with zero attached hydrogens (tertiary/aromatic N) is 5. The first-order chi connectivity index (χ1) is 16.0. The maximum absolute atomic E-state index is 6.43. The van der Waals surface area contributed by atoms with Crippen molar-refractivity contribution in [2.24, 2.45) is 13.0 Å². The first kappa shape index (κ1) is 20.0. The van der Waals surface area contributed by atoms with E-state index >= 15 is 0 Å². The van der Waals surface area contributed by atoms with Gasteiger partial charge in [-0.1, -0.05) is 23.8 Å². The van der Waals surface area contributed by atoms with Crippen LogP contribution in [-0.2, 0) is 20.0 Å². The Labute approximate surface area is 193 Å². The summed E-state index contributed by atoms with van der Waals surface area (Å²) in [5.41, 5.74) is 15.0. The van der Waals surface area contributed by atoms with Gasteiger partial charge in [-0.3, -0.25) is 9.36 Å². The number of nitrogen functional groups attached to an aromatic ring is 1. The molecule has 2 bridgehead atoms. The highest BCUT2D eigenvalue weighted by Gasteiger charge is 2.27. The minimum Gasteiger partial charge on any atom is -0.482 e. The molecule has 4 heterocycles. The van der Waals surface area contributed by atoms with E-state index in [0.29, 0.717) is 17.5 Å². The van der Waals surface area contributed by atoms with Crippen LogP contribution in [0.2, 0.25) is 0 Å². The van der Waals surface area contributed by atoms with Crippen LogP contribution >= 0.6 is 0 Å². The molecular weight excluding hydrogens is 412 g/mol. The molecule has 3 aromatic heterocycles. The summed E-state index contributed by atoms with van der Waals surface area (Å²) >= 11 is 0. The highest BCUT2D eigenvalue weighted by Crippen LogP contribution is 2.39. The van der Waals surface area contributed by atoms with Gasteiger partial charge in [-0.25, -0.2) is 4.98 Å². The van der Waals surface area contributed by atoms with Crippen molar-refractivity contribution in [3.05, 3.63) is 65.1 Å². The first-order valence-corrected chi connectivity index (χ1v) is 11.6. The summed E-state index contributed by atoms with van der Waals surface area (Å²) in [6.07, 6.45) is 9.01. The average molecular weight is 441 g/mol. The summed E-state index contributed by atoms with van der Waals surface area (Å²) in [7, 11) is 1.98. The molecule has 1 unspecified atom stereocenters. The molecule has 1 fully saturated rings. The van der Waals surface area contributed by atoms with Crippen molar-refractivity contribution in [3.8, 4) is 28.3 Å². The number of fused-ring (bicyclic) bond motifs is 7. The molecule has 6 rings (SSSR count). The van der Waals surface area contributed by atoms with Crippen LogP contribution < -0.4 is 10.5 Å². The molecule has 1 saturated carbocycles. The quantitative estimate of drug-likeness (QED) is 0.489. The van der Waals surface area contributed by atoms with Gasteiger partial charge in [0.05, 0.1) is 17.6 Å². The Morgan fingerprint density at radius 1 is 1.15 bits per heavy atom. The molecule has 0 amide bonds. The predicted molar refractivity (Wildman–Crippen MR) is 128 cm³/mol. The fraction of sp³-hybridized carbons (Fsp3) is 0.346. The predicted octanol–water partition coefficient (Wildman–Crippen LogP) is 4.69. The number of hydrogen-bond acceptors (Lipinski definition) is 5. The number of pyridine rings is 1. The fourth-order valence-electron chi connectivity index (χ4n) is 4.84. The molecule has 4 aromatic rings. The lowest BCUT2D eigenvalue weighted by molar-refractivity contribution is 0.228.